The summed E-state index contributed by atoms with van der Waals surface area (Å²) < 4.78 is 2.67. The van der Waals surface area contributed by atoms with Gasteiger partial charge in [-0.2, -0.15) is 10.2 Å². The number of rotatable bonds is 4. The van der Waals surface area contributed by atoms with E-state index < -0.39 is 0 Å². The lowest BCUT2D eigenvalue weighted by atomic mass is 10.2. The van der Waals surface area contributed by atoms with Crippen molar-refractivity contribution in [1.29, 1.82) is 0 Å². The first-order valence-corrected chi connectivity index (χ1v) is 8.82. The molecule has 2 heterocycles. The number of carbonyl (C=O) groups is 1. The molecule has 0 saturated heterocycles. The van der Waals surface area contributed by atoms with E-state index in [1.165, 1.54) is 11.3 Å². The Bertz CT molecular complexity index is 945. The molecule has 0 atom stereocenters. The summed E-state index contributed by atoms with van der Waals surface area (Å²) in [5.74, 6) is -0.367. The summed E-state index contributed by atoms with van der Waals surface area (Å²) in [7, 11) is 0. The quantitative estimate of drug-likeness (QED) is 0.535. The zero-order valence-electron chi connectivity index (χ0n) is 13.0. The van der Waals surface area contributed by atoms with Crippen molar-refractivity contribution in [2.45, 2.75) is 20.4 Å². The van der Waals surface area contributed by atoms with Crippen LogP contribution in [-0.4, -0.2) is 21.9 Å². The summed E-state index contributed by atoms with van der Waals surface area (Å²) in [6.07, 6.45) is 3.44. The Balaban J connectivity index is 1.80. The Morgan fingerprint density at radius 1 is 1.46 bits per heavy atom. The van der Waals surface area contributed by atoms with Gasteiger partial charge in [0.15, 0.2) is 0 Å². The van der Waals surface area contributed by atoms with Gasteiger partial charge in [-0.1, -0.05) is 29.3 Å². The molecule has 2 aromatic heterocycles. The average Bonchev–Trinajstić information content (AvgIpc) is 3.09. The fraction of sp³-hybridized carbons (Fsp3) is 0.188. The fourth-order valence-corrected chi connectivity index (χ4v) is 4.10. The number of fused-ring (bicyclic) bond motifs is 1. The molecular formula is C16H14Cl2N4OS. The maximum atomic E-state index is 12.3. The SMILES string of the molecule is CCn1cc(C=NNC(=O)c2sc3cccc(Cl)c3c2Cl)c(C)n1. The van der Waals surface area contributed by atoms with Crippen molar-refractivity contribution in [1.82, 2.24) is 15.2 Å². The van der Waals surface area contributed by atoms with E-state index in [9.17, 15) is 4.79 Å². The molecule has 1 N–H and O–H groups in total. The second kappa shape index (κ2) is 6.93. The van der Waals surface area contributed by atoms with Crippen LogP contribution in [0.15, 0.2) is 29.5 Å². The molecule has 0 spiro atoms. The van der Waals surface area contributed by atoms with Crippen LogP contribution in [-0.2, 0) is 6.54 Å². The number of nitrogens with zero attached hydrogens (tertiary/aromatic N) is 3. The van der Waals surface area contributed by atoms with Gasteiger partial charge < -0.3 is 0 Å². The van der Waals surface area contributed by atoms with Crippen molar-refractivity contribution >= 4 is 56.7 Å². The van der Waals surface area contributed by atoms with Crippen LogP contribution >= 0.6 is 34.5 Å². The highest BCUT2D eigenvalue weighted by Gasteiger charge is 2.18. The van der Waals surface area contributed by atoms with Crippen LogP contribution in [0.4, 0.5) is 0 Å². The fourth-order valence-electron chi connectivity index (χ4n) is 2.25. The van der Waals surface area contributed by atoms with Crippen molar-refractivity contribution < 1.29 is 4.79 Å². The lowest BCUT2D eigenvalue weighted by Crippen LogP contribution is -2.16. The molecule has 0 aliphatic rings. The molecule has 0 aliphatic carbocycles. The number of aryl methyl sites for hydroxylation is 2. The summed E-state index contributed by atoms with van der Waals surface area (Å²) in [6.45, 7) is 4.67. The predicted molar refractivity (Wildman–Crippen MR) is 99.5 cm³/mol. The van der Waals surface area contributed by atoms with Gasteiger partial charge in [-0.25, -0.2) is 5.43 Å². The van der Waals surface area contributed by atoms with Crippen molar-refractivity contribution in [3.8, 4) is 0 Å². The molecule has 0 saturated carbocycles. The van der Waals surface area contributed by atoms with Gasteiger partial charge >= 0.3 is 0 Å². The normalized spacial score (nSPS) is 11.5. The Morgan fingerprint density at radius 2 is 2.25 bits per heavy atom. The number of carbonyl (C=O) groups excluding carboxylic acids is 1. The zero-order valence-corrected chi connectivity index (χ0v) is 15.3. The number of hydrogen-bond donors (Lipinski definition) is 1. The lowest BCUT2D eigenvalue weighted by Gasteiger charge is -1.97. The Kier molecular flexibility index (Phi) is 4.89. The van der Waals surface area contributed by atoms with Crippen LogP contribution in [0, 0.1) is 6.92 Å². The third-order valence-corrected chi connectivity index (χ3v) is 5.45. The molecule has 0 aliphatic heterocycles. The van der Waals surface area contributed by atoms with Gasteiger partial charge in [0.1, 0.15) is 4.88 Å². The van der Waals surface area contributed by atoms with E-state index in [-0.39, 0.29) is 5.91 Å². The van der Waals surface area contributed by atoms with Gasteiger partial charge in [-0.15, -0.1) is 11.3 Å². The standard InChI is InChI=1S/C16H14Cl2N4OS/c1-3-22-8-10(9(2)21-22)7-19-20-16(23)15-14(18)13-11(17)5-4-6-12(13)24-15/h4-8H,3H2,1-2H3,(H,20,23). The van der Waals surface area contributed by atoms with Gasteiger partial charge in [0, 0.05) is 28.4 Å². The molecule has 1 aromatic carbocycles. The van der Waals surface area contributed by atoms with E-state index in [0.717, 1.165) is 22.5 Å². The van der Waals surface area contributed by atoms with Gasteiger partial charge in [0.25, 0.3) is 5.91 Å². The molecule has 3 aromatic rings. The van der Waals surface area contributed by atoms with Crippen molar-refractivity contribution in [2.75, 3.05) is 0 Å². The Morgan fingerprint density at radius 3 is 2.92 bits per heavy atom. The van der Waals surface area contributed by atoms with Gasteiger partial charge in [0.2, 0.25) is 0 Å². The van der Waals surface area contributed by atoms with Crippen molar-refractivity contribution in [3.63, 3.8) is 0 Å². The Hall–Kier alpha value is -1.89. The number of thiophene rings is 1. The number of amides is 1. The monoisotopic (exact) mass is 380 g/mol. The highest BCUT2D eigenvalue weighted by Crippen LogP contribution is 2.39. The van der Waals surface area contributed by atoms with Gasteiger partial charge in [0.05, 0.1) is 22.0 Å². The number of halogens is 2. The van der Waals surface area contributed by atoms with Crippen LogP contribution in [0.5, 0.6) is 0 Å². The van der Waals surface area contributed by atoms with Crippen LogP contribution < -0.4 is 5.43 Å². The number of hydrogen-bond acceptors (Lipinski definition) is 4. The lowest BCUT2D eigenvalue weighted by molar-refractivity contribution is 0.0959. The first-order chi connectivity index (χ1) is 11.5. The Labute approximate surface area is 152 Å². The summed E-state index contributed by atoms with van der Waals surface area (Å²) in [4.78, 5) is 12.7. The maximum Gasteiger partial charge on any atom is 0.283 e. The maximum absolute atomic E-state index is 12.3. The molecule has 0 bridgehead atoms. The minimum atomic E-state index is -0.367. The molecule has 8 heteroatoms. The minimum Gasteiger partial charge on any atom is -0.272 e. The molecule has 0 radical (unpaired) electrons. The molecule has 1 amide bonds. The first-order valence-electron chi connectivity index (χ1n) is 7.25. The molecule has 5 nitrogen and oxygen atoms in total. The van der Waals surface area contributed by atoms with E-state index in [2.05, 4.69) is 15.6 Å². The molecule has 124 valence electrons. The van der Waals surface area contributed by atoms with Crippen molar-refractivity contribution in [2.24, 2.45) is 5.10 Å². The third-order valence-electron chi connectivity index (χ3n) is 3.49. The topological polar surface area (TPSA) is 59.3 Å². The smallest absolute Gasteiger partial charge is 0.272 e. The number of aromatic nitrogens is 2. The number of benzene rings is 1. The highest BCUT2D eigenvalue weighted by molar-refractivity contribution is 7.21. The molecule has 3 rings (SSSR count). The summed E-state index contributed by atoms with van der Waals surface area (Å²) in [5, 5.41) is 9.89. The van der Waals surface area contributed by atoms with E-state index in [4.69, 9.17) is 23.2 Å². The van der Waals surface area contributed by atoms with Gasteiger partial charge in [-0.3, -0.25) is 9.48 Å². The zero-order chi connectivity index (χ0) is 17.3. The van der Waals surface area contributed by atoms with E-state index in [1.54, 1.807) is 12.3 Å². The molecule has 0 fully saturated rings. The summed E-state index contributed by atoms with van der Waals surface area (Å²) in [5.41, 5.74) is 4.20. The second-order valence-corrected chi connectivity index (χ2v) is 6.92. The van der Waals surface area contributed by atoms with Crippen LogP contribution in [0.2, 0.25) is 10.0 Å². The average molecular weight is 381 g/mol. The largest absolute Gasteiger partial charge is 0.283 e. The van der Waals surface area contributed by atoms with Gasteiger partial charge in [-0.05, 0) is 26.0 Å². The van der Waals surface area contributed by atoms with E-state index >= 15 is 0 Å². The predicted octanol–water partition coefficient (Wildman–Crippen LogP) is 4.50. The number of nitrogens with one attached hydrogen (secondary N) is 1. The summed E-state index contributed by atoms with van der Waals surface area (Å²) in [6, 6.07) is 5.45. The van der Waals surface area contributed by atoms with E-state index in [0.29, 0.717) is 20.3 Å². The van der Waals surface area contributed by atoms with E-state index in [1.807, 2.05) is 36.9 Å². The molecule has 0 unspecified atom stereocenters. The minimum absolute atomic E-state index is 0.350. The van der Waals surface area contributed by atoms with Crippen LogP contribution in [0.3, 0.4) is 0 Å². The van der Waals surface area contributed by atoms with Crippen molar-refractivity contribution in [3.05, 3.63) is 50.6 Å². The van der Waals surface area contributed by atoms with Crippen LogP contribution in [0.25, 0.3) is 10.1 Å². The highest BCUT2D eigenvalue weighted by atomic mass is 35.5. The summed E-state index contributed by atoms with van der Waals surface area (Å²) >= 11 is 13.7. The third kappa shape index (κ3) is 3.17. The first kappa shape index (κ1) is 17.0. The molecular weight excluding hydrogens is 367 g/mol. The van der Waals surface area contributed by atoms with Crippen LogP contribution in [0.1, 0.15) is 27.9 Å². The molecule has 24 heavy (non-hydrogen) atoms. The second-order valence-electron chi connectivity index (χ2n) is 5.08. The number of hydrazone groups is 1.